The molecular formula is C43H36N2O2. The predicted octanol–water partition coefficient (Wildman–Crippen LogP) is 10.3. The molecule has 0 spiro atoms. The third-order valence-corrected chi connectivity index (χ3v) is 10.2. The maximum atomic E-state index is 13.4. The van der Waals surface area contributed by atoms with Gasteiger partial charge in [0.15, 0.2) is 11.6 Å². The Bertz CT molecular complexity index is 2300. The highest BCUT2D eigenvalue weighted by molar-refractivity contribution is 6.41. The van der Waals surface area contributed by atoms with Gasteiger partial charge in [0.1, 0.15) is 5.82 Å². The van der Waals surface area contributed by atoms with E-state index in [0.717, 1.165) is 39.2 Å². The number of fused-ring (bicyclic) bond motifs is 4. The number of aryl methyl sites for hydroxylation is 3. The Hall–Kier alpha value is -5.48. The van der Waals surface area contributed by atoms with Crippen molar-refractivity contribution in [1.29, 1.82) is 0 Å². The third-order valence-electron chi connectivity index (χ3n) is 10.2. The highest BCUT2D eigenvalue weighted by Gasteiger charge is 2.41. The van der Waals surface area contributed by atoms with Crippen LogP contribution < -0.4 is 4.90 Å². The van der Waals surface area contributed by atoms with Crippen LogP contribution in [-0.2, 0) is 12.5 Å². The smallest absolute Gasteiger partial charge is 0.197 e. The zero-order valence-corrected chi connectivity index (χ0v) is 27.6. The number of Topliss-reactive ketones (excluding diaryl/α,β-unsaturated/α-hetero) is 2. The largest absolute Gasteiger partial charge is 0.330 e. The molecule has 8 rings (SSSR count). The summed E-state index contributed by atoms with van der Waals surface area (Å²) in [6, 6.07) is 35.6. The van der Waals surface area contributed by atoms with E-state index in [2.05, 4.69) is 123 Å². The van der Waals surface area contributed by atoms with Crippen LogP contribution >= 0.6 is 0 Å². The zero-order valence-electron chi connectivity index (χ0n) is 27.6. The lowest BCUT2D eigenvalue weighted by Crippen LogP contribution is -2.31. The van der Waals surface area contributed by atoms with Gasteiger partial charge in [-0.2, -0.15) is 0 Å². The predicted molar refractivity (Wildman–Crippen MR) is 192 cm³/mol. The molecular weight excluding hydrogens is 576 g/mol. The second-order valence-corrected chi connectivity index (χ2v) is 13.6. The first-order valence-corrected chi connectivity index (χ1v) is 16.2. The van der Waals surface area contributed by atoms with Crippen LogP contribution in [0.15, 0.2) is 109 Å². The SMILES string of the molecule is Cc1cc(C)c(-c2ccc3c(c2)C(C)(C)c2cc(C=C4C(=O)c5ccccc5C4=O)n(C)c2N3c2cccc3ccccc23)c(C)c1. The average Bonchev–Trinajstić information content (AvgIpc) is 3.50. The fraction of sp³-hybridized carbons (Fsp3) is 0.163. The second-order valence-electron chi connectivity index (χ2n) is 13.6. The van der Waals surface area contributed by atoms with Crippen LogP contribution in [0.1, 0.15) is 68.1 Å². The number of carbonyl (C=O) groups is 2. The van der Waals surface area contributed by atoms with Crippen LogP contribution in [0.4, 0.5) is 17.2 Å². The van der Waals surface area contributed by atoms with Crippen molar-refractivity contribution in [2.75, 3.05) is 4.90 Å². The molecule has 1 aromatic heterocycles. The summed E-state index contributed by atoms with van der Waals surface area (Å²) in [7, 11) is 2.04. The van der Waals surface area contributed by atoms with Crippen LogP contribution in [0.2, 0.25) is 0 Å². The van der Waals surface area contributed by atoms with Crippen LogP contribution in [0, 0.1) is 20.8 Å². The van der Waals surface area contributed by atoms with Crippen molar-refractivity contribution in [1.82, 2.24) is 4.57 Å². The normalized spacial score (nSPS) is 14.8. The molecule has 6 aromatic rings. The van der Waals surface area contributed by atoms with Gasteiger partial charge in [0, 0.05) is 40.2 Å². The number of hydrogen-bond donors (Lipinski definition) is 0. The van der Waals surface area contributed by atoms with E-state index in [-0.39, 0.29) is 22.6 Å². The fourth-order valence-electron chi connectivity index (χ4n) is 7.96. The molecule has 1 aliphatic carbocycles. The lowest BCUT2D eigenvalue weighted by molar-refractivity contribution is 0.0990. The maximum absolute atomic E-state index is 13.4. The van der Waals surface area contributed by atoms with E-state index in [4.69, 9.17) is 0 Å². The molecule has 0 unspecified atom stereocenters. The molecule has 0 fully saturated rings. The topological polar surface area (TPSA) is 42.3 Å². The van der Waals surface area contributed by atoms with Gasteiger partial charge in [-0.15, -0.1) is 0 Å². The minimum atomic E-state index is -0.380. The van der Waals surface area contributed by atoms with Gasteiger partial charge < -0.3 is 4.57 Å². The number of hydrogen-bond acceptors (Lipinski definition) is 3. The van der Waals surface area contributed by atoms with Crippen molar-refractivity contribution >= 4 is 45.6 Å². The standard InChI is InChI=1S/C43H36N2O2/c1-25-20-26(2)39(27(3)21-25)29-18-19-38-35(22-29)43(4,5)36-24-30(23-34-40(46)32-15-9-10-16-33(32)41(34)47)44(6)42(36)45(38)37-17-11-13-28-12-7-8-14-31(28)37/h7-24H,1-6H3. The molecule has 0 amide bonds. The van der Waals surface area contributed by atoms with Crippen LogP contribution in [0.3, 0.4) is 0 Å². The summed E-state index contributed by atoms with van der Waals surface area (Å²) in [4.78, 5) is 29.3. The lowest BCUT2D eigenvalue weighted by Gasteiger charge is -2.41. The Kier molecular flexibility index (Phi) is 6.32. The zero-order chi connectivity index (χ0) is 32.8. The number of benzene rings is 5. The van der Waals surface area contributed by atoms with Gasteiger partial charge in [-0.3, -0.25) is 14.5 Å². The van der Waals surface area contributed by atoms with E-state index in [1.54, 1.807) is 18.2 Å². The molecule has 0 atom stereocenters. The molecule has 0 saturated carbocycles. The molecule has 2 aliphatic rings. The van der Waals surface area contributed by atoms with E-state index in [9.17, 15) is 9.59 Å². The average molecular weight is 613 g/mol. The number of aromatic nitrogens is 1. The summed E-state index contributed by atoms with van der Waals surface area (Å²) in [6.07, 6.45) is 1.79. The second kappa shape index (κ2) is 10.3. The van der Waals surface area contributed by atoms with Crippen molar-refractivity contribution < 1.29 is 9.59 Å². The van der Waals surface area contributed by atoms with Gasteiger partial charge in [-0.1, -0.05) is 98.3 Å². The Morgan fingerprint density at radius 2 is 1.30 bits per heavy atom. The van der Waals surface area contributed by atoms with Crippen molar-refractivity contribution in [3.8, 4) is 11.1 Å². The number of allylic oxidation sites excluding steroid dienone is 1. The van der Waals surface area contributed by atoms with Crippen LogP contribution in [0.5, 0.6) is 0 Å². The first-order chi connectivity index (χ1) is 22.6. The number of anilines is 3. The summed E-state index contributed by atoms with van der Waals surface area (Å²) in [5.74, 6) is 0.593. The number of nitrogens with zero attached hydrogens (tertiary/aromatic N) is 2. The first kappa shape index (κ1) is 29.0. The molecule has 0 bridgehead atoms. The first-order valence-electron chi connectivity index (χ1n) is 16.2. The number of rotatable bonds is 3. The monoisotopic (exact) mass is 612 g/mol. The Balaban J connectivity index is 1.39. The number of ketones is 2. The molecule has 2 heterocycles. The molecule has 0 radical (unpaired) electrons. The van der Waals surface area contributed by atoms with Crippen molar-refractivity contribution in [2.24, 2.45) is 7.05 Å². The van der Waals surface area contributed by atoms with Gasteiger partial charge in [-0.25, -0.2) is 0 Å². The highest BCUT2D eigenvalue weighted by Crippen LogP contribution is 2.55. The van der Waals surface area contributed by atoms with Gasteiger partial charge in [0.2, 0.25) is 0 Å². The molecule has 4 nitrogen and oxygen atoms in total. The molecule has 0 N–H and O–H groups in total. The minimum Gasteiger partial charge on any atom is -0.330 e. The van der Waals surface area contributed by atoms with Gasteiger partial charge in [0.05, 0.1) is 16.9 Å². The van der Waals surface area contributed by atoms with Crippen LogP contribution in [-0.4, -0.2) is 16.1 Å². The Morgan fingerprint density at radius 1 is 0.660 bits per heavy atom. The summed E-state index contributed by atoms with van der Waals surface area (Å²) in [6.45, 7) is 11.1. The van der Waals surface area contributed by atoms with Gasteiger partial charge >= 0.3 is 0 Å². The molecule has 230 valence electrons. The third kappa shape index (κ3) is 4.21. The van der Waals surface area contributed by atoms with Crippen molar-refractivity contribution in [3.05, 3.63) is 153 Å². The summed E-state index contributed by atoms with van der Waals surface area (Å²) < 4.78 is 2.14. The minimum absolute atomic E-state index is 0.212. The quantitative estimate of drug-likeness (QED) is 0.148. The highest BCUT2D eigenvalue weighted by atomic mass is 16.2. The van der Waals surface area contributed by atoms with Gasteiger partial charge in [-0.05, 0) is 84.3 Å². The Morgan fingerprint density at radius 3 is 2.00 bits per heavy atom. The van der Waals surface area contributed by atoms with E-state index < -0.39 is 0 Å². The summed E-state index contributed by atoms with van der Waals surface area (Å²) in [5.41, 5.74) is 12.4. The van der Waals surface area contributed by atoms with E-state index in [0.29, 0.717) is 11.1 Å². The van der Waals surface area contributed by atoms with Crippen molar-refractivity contribution in [3.63, 3.8) is 0 Å². The van der Waals surface area contributed by atoms with E-state index in [1.165, 1.54) is 33.4 Å². The number of carbonyl (C=O) groups excluding carboxylic acids is 2. The lowest BCUT2D eigenvalue weighted by atomic mass is 9.74. The molecule has 1 aliphatic heterocycles. The molecule has 4 heteroatoms. The fourth-order valence-corrected chi connectivity index (χ4v) is 7.96. The summed E-state index contributed by atoms with van der Waals surface area (Å²) in [5, 5.41) is 2.32. The van der Waals surface area contributed by atoms with Crippen LogP contribution in [0.25, 0.3) is 28.0 Å². The molecule has 47 heavy (non-hydrogen) atoms. The Labute approximate surface area is 275 Å². The van der Waals surface area contributed by atoms with Gasteiger partial charge in [0.25, 0.3) is 0 Å². The summed E-state index contributed by atoms with van der Waals surface area (Å²) >= 11 is 0. The molecule has 5 aromatic carbocycles. The van der Waals surface area contributed by atoms with E-state index >= 15 is 0 Å². The van der Waals surface area contributed by atoms with E-state index in [1.807, 2.05) is 19.2 Å². The van der Waals surface area contributed by atoms with Crippen molar-refractivity contribution in [2.45, 2.75) is 40.0 Å². The maximum Gasteiger partial charge on any atom is 0.197 e. The molecule has 0 saturated heterocycles.